The molecule has 3 heterocycles. The van der Waals surface area contributed by atoms with Crippen LogP contribution in [0.3, 0.4) is 0 Å². The second-order valence-corrected chi connectivity index (χ2v) is 11.3. The summed E-state index contributed by atoms with van der Waals surface area (Å²) in [6.45, 7) is 4.92. The number of likely N-dealkylation sites (tertiary alicyclic amines) is 1. The van der Waals surface area contributed by atoms with Crippen LogP contribution in [0.25, 0.3) is 5.70 Å². The predicted octanol–water partition coefficient (Wildman–Crippen LogP) is 5.17. The van der Waals surface area contributed by atoms with E-state index in [-0.39, 0.29) is 30.8 Å². The Morgan fingerprint density at radius 3 is 2.48 bits per heavy atom. The van der Waals surface area contributed by atoms with E-state index < -0.39 is 12.0 Å². The van der Waals surface area contributed by atoms with Gasteiger partial charge in [0.1, 0.15) is 11.5 Å². The average molecular weight is 620 g/mol. The molecule has 0 bridgehead atoms. The molecule has 2 aromatic rings. The number of fused-ring (bicyclic) bond motifs is 1. The number of thioether (sulfide) groups is 1. The van der Waals surface area contributed by atoms with Crippen LogP contribution < -0.4 is 9.47 Å². The molecule has 0 saturated carbocycles. The molecule has 0 aromatic heterocycles. The standard InChI is InChI=1S/C33H37N3O7S/c1-5-42-31(38)22-13-10-16-35(19-22)27(37)17-23-20-44-33-34-29(21-11-8-7-9-12-21)28(32(39)43-6-2)30(36(23)33)25-15-14-24(40-3)18-26(25)41-4/h7-9,11-12,14-15,18,20,22,30H,5-6,10,13,16-17,19H2,1-4H3/t22-,30+/m0/s1. The SMILES string of the molecule is CCOC(=O)C1=C(c2ccccc2)N=C2SC=C(CC(=O)N3CCC[C@H](C(=O)OCC)C3)N2[C@@H]1c1ccc(OC)cc1OC. The van der Waals surface area contributed by atoms with Gasteiger partial charge >= 0.3 is 11.9 Å². The van der Waals surface area contributed by atoms with Gasteiger partial charge in [0.15, 0.2) is 5.17 Å². The maximum atomic E-state index is 13.8. The second-order valence-electron chi connectivity index (χ2n) is 10.5. The molecule has 0 aliphatic carbocycles. The highest BCUT2D eigenvalue weighted by Gasteiger charge is 2.44. The fourth-order valence-corrected chi connectivity index (χ4v) is 6.67. The normalized spacial score (nSPS) is 19.5. The zero-order valence-electron chi connectivity index (χ0n) is 25.4. The van der Waals surface area contributed by atoms with Crippen molar-refractivity contribution in [1.29, 1.82) is 0 Å². The lowest BCUT2D eigenvalue weighted by atomic mass is 9.90. The van der Waals surface area contributed by atoms with Gasteiger partial charge in [-0.1, -0.05) is 42.1 Å². The first-order valence-electron chi connectivity index (χ1n) is 14.8. The number of ether oxygens (including phenoxy) is 4. The van der Waals surface area contributed by atoms with E-state index in [1.54, 1.807) is 39.0 Å². The van der Waals surface area contributed by atoms with Gasteiger partial charge in [-0.25, -0.2) is 9.79 Å². The lowest BCUT2D eigenvalue weighted by Gasteiger charge is -2.38. The summed E-state index contributed by atoms with van der Waals surface area (Å²) in [5, 5.41) is 2.54. The first-order valence-corrected chi connectivity index (χ1v) is 15.6. The number of nitrogens with zero attached hydrogens (tertiary/aromatic N) is 3. The molecule has 44 heavy (non-hydrogen) atoms. The molecule has 11 heteroatoms. The lowest BCUT2D eigenvalue weighted by molar-refractivity contribution is -0.151. The Kier molecular flexibility index (Phi) is 9.94. The van der Waals surface area contributed by atoms with Gasteiger partial charge in [-0.2, -0.15) is 0 Å². The Labute approximate surface area is 261 Å². The van der Waals surface area contributed by atoms with E-state index in [0.717, 1.165) is 12.0 Å². The van der Waals surface area contributed by atoms with Crippen LogP contribution in [0.2, 0.25) is 0 Å². The molecule has 5 rings (SSSR count). The minimum Gasteiger partial charge on any atom is -0.497 e. The Hall–Kier alpha value is -4.25. The van der Waals surface area contributed by atoms with Crippen molar-refractivity contribution in [2.24, 2.45) is 10.9 Å². The summed E-state index contributed by atoms with van der Waals surface area (Å²) < 4.78 is 22.1. The molecule has 3 aliphatic rings. The van der Waals surface area contributed by atoms with E-state index in [1.807, 2.05) is 52.8 Å². The second kappa shape index (κ2) is 14.0. The molecule has 0 unspecified atom stereocenters. The highest BCUT2D eigenvalue weighted by Crippen LogP contribution is 2.49. The van der Waals surface area contributed by atoms with E-state index in [0.29, 0.717) is 65.3 Å². The zero-order chi connectivity index (χ0) is 31.2. The molecule has 1 saturated heterocycles. The summed E-state index contributed by atoms with van der Waals surface area (Å²) in [4.78, 5) is 48.6. The summed E-state index contributed by atoms with van der Waals surface area (Å²) in [7, 11) is 3.14. The van der Waals surface area contributed by atoms with Crippen LogP contribution in [0.1, 0.15) is 50.3 Å². The number of methoxy groups -OCH3 is 2. The van der Waals surface area contributed by atoms with Gasteiger partial charge < -0.3 is 28.7 Å². The first-order chi connectivity index (χ1) is 21.4. The van der Waals surface area contributed by atoms with Crippen molar-refractivity contribution >= 4 is 40.5 Å². The molecule has 1 fully saturated rings. The molecule has 3 aliphatic heterocycles. The summed E-state index contributed by atoms with van der Waals surface area (Å²) >= 11 is 1.40. The molecule has 10 nitrogen and oxygen atoms in total. The minimum absolute atomic E-state index is 0.0628. The molecule has 232 valence electrons. The van der Waals surface area contributed by atoms with Crippen molar-refractivity contribution < 1.29 is 33.3 Å². The quantitative estimate of drug-likeness (QED) is 0.333. The predicted molar refractivity (Wildman–Crippen MR) is 168 cm³/mol. The van der Waals surface area contributed by atoms with Gasteiger partial charge in [-0.05, 0) is 44.2 Å². The van der Waals surface area contributed by atoms with Crippen molar-refractivity contribution in [3.05, 3.63) is 76.3 Å². The van der Waals surface area contributed by atoms with E-state index in [2.05, 4.69) is 0 Å². The van der Waals surface area contributed by atoms with Crippen molar-refractivity contribution in [2.75, 3.05) is 40.5 Å². The van der Waals surface area contributed by atoms with Gasteiger partial charge in [-0.15, -0.1) is 0 Å². The number of amides is 1. The van der Waals surface area contributed by atoms with Crippen LogP contribution in [0.15, 0.2) is 70.2 Å². The molecular weight excluding hydrogens is 582 g/mol. The minimum atomic E-state index is -0.708. The van der Waals surface area contributed by atoms with Crippen molar-refractivity contribution in [2.45, 2.75) is 39.2 Å². The molecule has 1 amide bonds. The van der Waals surface area contributed by atoms with E-state index >= 15 is 0 Å². The fourth-order valence-electron chi connectivity index (χ4n) is 5.75. The number of benzene rings is 2. The highest BCUT2D eigenvalue weighted by molar-refractivity contribution is 8.16. The van der Waals surface area contributed by atoms with Gasteiger partial charge in [-0.3, -0.25) is 9.59 Å². The van der Waals surface area contributed by atoms with Gasteiger partial charge in [0.05, 0.1) is 57.1 Å². The largest absolute Gasteiger partial charge is 0.497 e. The van der Waals surface area contributed by atoms with Gasteiger partial charge in [0, 0.05) is 36.0 Å². The summed E-state index contributed by atoms with van der Waals surface area (Å²) in [6.07, 6.45) is 1.48. The number of piperidine rings is 1. The van der Waals surface area contributed by atoms with Crippen LogP contribution in [0, 0.1) is 5.92 Å². The smallest absolute Gasteiger partial charge is 0.338 e. The van der Waals surface area contributed by atoms with Gasteiger partial charge in [0.25, 0.3) is 0 Å². The lowest BCUT2D eigenvalue weighted by Crippen LogP contribution is -2.44. The van der Waals surface area contributed by atoms with Crippen LogP contribution in [-0.4, -0.2) is 73.3 Å². The number of rotatable bonds is 10. The Balaban J connectivity index is 1.56. The number of aliphatic imine (C=N–C) groups is 1. The number of amidine groups is 1. The Morgan fingerprint density at radius 1 is 1.00 bits per heavy atom. The molecule has 2 aromatic carbocycles. The van der Waals surface area contributed by atoms with Crippen molar-refractivity contribution in [3.8, 4) is 11.5 Å². The van der Waals surface area contributed by atoms with Crippen molar-refractivity contribution in [1.82, 2.24) is 9.80 Å². The molecule has 0 N–H and O–H groups in total. The highest BCUT2D eigenvalue weighted by atomic mass is 32.2. The summed E-state index contributed by atoms with van der Waals surface area (Å²) in [6, 6.07) is 14.3. The third kappa shape index (κ3) is 6.33. The Bertz CT molecular complexity index is 1500. The number of carbonyl (C=O) groups excluding carboxylic acids is 3. The van der Waals surface area contributed by atoms with Gasteiger partial charge in [0.2, 0.25) is 5.91 Å². The van der Waals surface area contributed by atoms with E-state index in [1.165, 1.54) is 11.8 Å². The van der Waals surface area contributed by atoms with Crippen LogP contribution in [-0.2, 0) is 23.9 Å². The topological polar surface area (TPSA) is 107 Å². The number of carbonyl (C=O) groups is 3. The average Bonchev–Trinajstić information content (AvgIpc) is 3.46. The summed E-state index contributed by atoms with van der Waals surface area (Å²) in [5.41, 5.74) is 2.99. The van der Waals surface area contributed by atoms with Crippen LogP contribution in [0.5, 0.6) is 11.5 Å². The molecule has 2 atom stereocenters. The monoisotopic (exact) mass is 619 g/mol. The zero-order valence-corrected chi connectivity index (χ0v) is 26.2. The number of hydrogen-bond donors (Lipinski definition) is 0. The van der Waals surface area contributed by atoms with E-state index in [9.17, 15) is 14.4 Å². The first kappa shape index (κ1) is 31.2. The summed E-state index contributed by atoms with van der Waals surface area (Å²) in [5.74, 6) is -0.106. The molecule has 0 radical (unpaired) electrons. The third-order valence-electron chi connectivity index (χ3n) is 7.81. The van der Waals surface area contributed by atoms with Crippen LogP contribution >= 0.6 is 11.8 Å². The number of hydrogen-bond acceptors (Lipinski definition) is 10. The van der Waals surface area contributed by atoms with Crippen LogP contribution in [0.4, 0.5) is 0 Å². The maximum Gasteiger partial charge on any atom is 0.338 e. The maximum absolute atomic E-state index is 13.8. The van der Waals surface area contributed by atoms with E-state index in [4.69, 9.17) is 23.9 Å². The fraction of sp³-hybridized carbons (Fsp3) is 0.394. The molecule has 0 spiro atoms. The third-order valence-corrected chi connectivity index (χ3v) is 8.70. The Morgan fingerprint density at radius 2 is 1.77 bits per heavy atom. The molecular formula is C33H37N3O7S. The van der Waals surface area contributed by atoms with Crippen molar-refractivity contribution in [3.63, 3.8) is 0 Å². The number of esters is 2.